The summed E-state index contributed by atoms with van der Waals surface area (Å²) in [5.41, 5.74) is 0.924. The Hall–Kier alpha value is -0.730. The number of amides is 1. The van der Waals surface area contributed by atoms with E-state index in [-0.39, 0.29) is 5.91 Å². The molecule has 0 aromatic heterocycles. The van der Waals surface area contributed by atoms with Gasteiger partial charge >= 0.3 is 0 Å². The van der Waals surface area contributed by atoms with Crippen molar-refractivity contribution in [2.24, 2.45) is 5.92 Å². The predicted octanol–water partition coefficient (Wildman–Crippen LogP) is 3.79. The second-order valence-electron chi connectivity index (χ2n) is 5.01. The molecular weight excluding hydrogens is 269 g/mol. The quantitative estimate of drug-likeness (QED) is 0.810. The highest BCUT2D eigenvalue weighted by Gasteiger charge is 2.20. The lowest BCUT2D eigenvalue weighted by molar-refractivity contribution is -0.132. The van der Waals surface area contributed by atoms with E-state index < -0.39 is 0 Å². The number of carbonyl (C=O) groups excluding carboxylic acids is 1. The number of rotatable bonds is 2. The van der Waals surface area contributed by atoms with Crippen molar-refractivity contribution in [3.8, 4) is 0 Å². The van der Waals surface area contributed by atoms with Crippen molar-refractivity contribution in [2.45, 2.75) is 26.2 Å². The van der Waals surface area contributed by atoms with Gasteiger partial charge in [-0.15, -0.1) is 0 Å². The van der Waals surface area contributed by atoms with Gasteiger partial charge < -0.3 is 4.90 Å². The van der Waals surface area contributed by atoms with Gasteiger partial charge in [0.2, 0.25) is 5.91 Å². The van der Waals surface area contributed by atoms with Crippen molar-refractivity contribution in [1.29, 1.82) is 0 Å². The molecule has 1 atom stereocenters. The molecule has 0 radical (unpaired) electrons. The molecule has 1 aliphatic rings. The molecule has 1 aromatic carbocycles. The first-order valence-corrected chi connectivity index (χ1v) is 7.03. The first-order chi connectivity index (χ1) is 8.56. The van der Waals surface area contributed by atoms with E-state index in [1.54, 1.807) is 12.1 Å². The Labute approximate surface area is 118 Å². The van der Waals surface area contributed by atoms with Gasteiger partial charge in [0.05, 0.1) is 16.5 Å². The summed E-state index contributed by atoms with van der Waals surface area (Å²) in [7, 11) is 0. The smallest absolute Gasteiger partial charge is 0.226 e. The van der Waals surface area contributed by atoms with Crippen LogP contribution in [0.1, 0.15) is 25.3 Å². The van der Waals surface area contributed by atoms with E-state index in [1.807, 2.05) is 11.0 Å². The SMILES string of the molecule is CC1CCCN(C(=O)Cc2ccc(Cl)c(Cl)c2)C1. The third kappa shape index (κ3) is 3.39. The molecule has 0 aliphatic carbocycles. The van der Waals surface area contributed by atoms with Crippen LogP contribution < -0.4 is 0 Å². The lowest BCUT2D eigenvalue weighted by atomic mass is 9.99. The first kappa shape index (κ1) is 13.7. The van der Waals surface area contributed by atoms with Gasteiger partial charge in [-0.2, -0.15) is 0 Å². The number of hydrogen-bond acceptors (Lipinski definition) is 1. The molecule has 1 saturated heterocycles. The van der Waals surface area contributed by atoms with Gasteiger partial charge in [-0.1, -0.05) is 36.2 Å². The average molecular weight is 286 g/mol. The van der Waals surface area contributed by atoms with Gasteiger partial charge in [-0.25, -0.2) is 0 Å². The minimum atomic E-state index is 0.180. The zero-order chi connectivity index (χ0) is 13.1. The fraction of sp³-hybridized carbons (Fsp3) is 0.500. The monoisotopic (exact) mass is 285 g/mol. The molecule has 1 aliphatic heterocycles. The molecular formula is C14H17Cl2NO. The van der Waals surface area contributed by atoms with Crippen LogP contribution in [0.25, 0.3) is 0 Å². The summed E-state index contributed by atoms with van der Waals surface area (Å²) in [4.78, 5) is 14.1. The molecule has 1 unspecified atom stereocenters. The van der Waals surface area contributed by atoms with Crippen LogP contribution in [0.4, 0.5) is 0 Å². The molecule has 1 heterocycles. The number of carbonyl (C=O) groups is 1. The zero-order valence-corrected chi connectivity index (χ0v) is 12.0. The van der Waals surface area contributed by atoms with Crippen LogP contribution in [0, 0.1) is 5.92 Å². The van der Waals surface area contributed by atoms with Crippen LogP contribution in [0.3, 0.4) is 0 Å². The first-order valence-electron chi connectivity index (χ1n) is 6.28. The fourth-order valence-corrected chi connectivity index (χ4v) is 2.67. The van der Waals surface area contributed by atoms with Gasteiger partial charge in [0.25, 0.3) is 0 Å². The Kier molecular flexibility index (Phi) is 4.52. The average Bonchev–Trinajstić information content (AvgIpc) is 2.34. The molecule has 0 spiro atoms. The van der Waals surface area contributed by atoms with Gasteiger partial charge in [0, 0.05) is 13.1 Å². The minimum Gasteiger partial charge on any atom is -0.342 e. The summed E-state index contributed by atoms with van der Waals surface area (Å²) in [6, 6.07) is 5.37. The molecule has 0 saturated carbocycles. The van der Waals surface area contributed by atoms with Crippen molar-refractivity contribution in [2.75, 3.05) is 13.1 Å². The Morgan fingerprint density at radius 3 is 2.83 bits per heavy atom. The van der Waals surface area contributed by atoms with Crippen LogP contribution in [-0.2, 0) is 11.2 Å². The highest BCUT2D eigenvalue weighted by molar-refractivity contribution is 6.42. The van der Waals surface area contributed by atoms with Crippen molar-refractivity contribution < 1.29 is 4.79 Å². The lowest BCUT2D eigenvalue weighted by Crippen LogP contribution is -2.39. The maximum atomic E-state index is 12.2. The van der Waals surface area contributed by atoms with Crippen LogP contribution in [0.15, 0.2) is 18.2 Å². The summed E-state index contributed by atoms with van der Waals surface area (Å²) < 4.78 is 0. The second kappa shape index (κ2) is 5.94. The van der Waals surface area contributed by atoms with E-state index in [9.17, 15) is 4.79 Å². The lowest BCUT2D eigenvalue weighted by Gasteiger charge is -2.31. The molecule has 4 heteroatoms. The van der Waals surface area contributed by atoms with E-state index in [4.69, 9.17) is 23.2 Å². The van der Waals surface area contributed by atoms with E-state index in [0.717, 1.165) is 25.1 Å². The third-order valence-electron chi connectivity index (χ3n) is 3.35. The summed E-state index contributed by atoms with van der Waals surface area (Å²) in [5, 5.41) is 1.04. The van der Waals surface area contributed by atoms with Crippen LogP contribution in [0.5, 0.6) is 0 Å². The molecule has 1 amide bonds. The van der Waals surface area contributed by atoms with E-state index in [1.165, 1.54) is 6.42 Å². The molecule has 1 aromatic rings. The maximum absolute atomic E-state index is 12.2. The fourth-order valence-electron chi connectivity index (χ4n) is 2.35. The topological polar surface area (TPSA) is 20.3 Å². The zero-order valence-electron chi connectivity index (χ0n) is 10.5. The third-order valence-corrected chi connectivity index (χ3v) is 4.09. The molecule has 18 heavy (non-hydrogen) atoms. The van der Waals surface area contributed by atoms with Crippen LogP contribution in [-0.4, -0.2) is 23.9 Å². The normalized spacial score (nSPS) is 19.9. The van der Waals surface area contributed by atoms with Crippen molar-refractivity contribution in [3.05, 3.63) is 33.8 Å². The summed E-state index contributed by atoms with van der Waals surface area (Å²) in [6.45, 7) is 3.95. The van der Waals surface area contributed by atoms with E-state index in [0.29, 0.717) is 22.4 Å². The Balaban J connectivity index is 2.00. The highest BCUT2D eigenvalue weighted by Crippen LogP contribution is 2.23. The largest absolute Gasteiger partial charge is 0.342 e. The number of nitrogens with zero attached hydrogens (tertiary/aromatic N) is 1. The van der Waals surface area contributed by atoms with Gasteiger partial charge in [0.15, 0.2) is 0 Å². The van der Waals surface area contributed by atoms with Gasteiger partial charge in [-0.3, -0.25) is 4.79 Å². The van der Waals surface area contributed by atoms with Crippen LogP contribution >= 0.6 is 23.2 Å². The van der Waals surface area contributed by atoms with E-state index in [2.05, 4.69) is 6.92 Å². The van der Waals surface area contributed by atoms with Crippen LogP contribution in [0.2, 0.25) is 10.0 Å². The van der Waals surface area contributed by atoms with Crippen molar-refractivity contribution in [1.82, 2.24) is 4.90 Å². The van der Waals surface area contributed by atoms with Crippen molar-refractivity contribution in [3.63, 3.8) is 0 Å². The molecule has 0 bridgehead atoms. The molecule has 1 fully saturated rings. The van der Waals surface area contributed by atoms with Gasteiger partial charge in [0.1, 0.15) is 0 Å². The number of halogens is 2. The maximum Gasteiger partial charge on any atom is 0.226 e. The molecule has 0 N–H and O–H groups in total. The second-order valence-corrected chi connectivity index (χ2v) is 5.83. The standard InChI is InChI=1S/C14H17Cl2NO/c1-10-3-2-6-17(9-10)14(18)8-11-4-5-12(15)13(16)7-11/h4-5,7,10H,2-3,6,8-9H2,1H3. The summed E-state index contributed by atoms with van der Waals surface area (Å²) in [6.07, 6.45) is 2.73. The number of benzene rings is 1. The number of likely N-dealkylation sites (tertiary alicyclic amines) is 1. The van der Waals surface area contributed by atoms with Gasteiger partial charge in [-0.05, 0) is 36.5 Å². The van der Waals surface area contributed by atoms with E-state index >= 15 is 0 Å². The number of hydrogen-bond donors (Lipinski definition) is 0. The summed E-state index contributed by atoms with van der Waals surface area (Å²) >= 11 is 11.8. The highest BCUT2D eigenvalue weighted by atomic mass is 35.5. The molecule has 2 nitrogen and oxygen atoms in total. The number of piperidine rings is 1. The summed E-state index contributed by atoms with van der Waals surface area (Å²) in [5.74, 6) is 0.788. The Morgan fingerprint density at radius 2 is 2.17 bits per heavy atom. The van der Waals surface area contributed by atoms with Crippen molar-refractivity contribution >= 4 is 29.1 Å². The molecule has 2 rings (SSSR count). The molecule has 98 valence electrons. The Bertz CT molecular complexity index is 447. The Morgan fingerprint density at radius 1 is 1.39 bits per heavy atom. The minimum absolute atomic E-state index is 0.180. The predicted molar refractivity (Wildman–Crippen MR) is 75.1 cm³/mol.